The van der Waals surface area contributed by atoms with E-state index in [0.29, 0.717) is 17.8 Å². The summed E-state index contributed by atoms with van der Waals surface area (Å²) in [4.78, 5) is 4.06. The van der Waals surface area contributed by atoms with E-state index in [-0.39, 0.29) is 6.10 Å². The highest BCUT2D eigenvalue weighted by Crippen LogP contribution is 2.24. The van der Waals surface area contributed by atoms with Gasteiger partial charge in [0.2, 0.25) is 0 Å². The SMILES string of the molecule is Cc1noc(NCC2CCCC(O)C2)n1. The minimum Gasteiger partial charge on any atom is -0.393 e. The van der Waals surface area contributed by atoms with Gasteiger partial charge in [-0.3, -0.25) is 0 Å². The van der Waals surface area contributed by atoms with Crippen LogP contribution in [-0.2, 0) is 0 Å². The monoisotopic (exact) mass is 211 g/mol. The lowest BCUT2D eigenvalue weighted by Gasteiger charge is -2.25. The Bertz CT molecular complexity index is 313. The summed E-state index contributed by atoms with van der Waals surface area (Å²) in [6.07, 6.45) is 3.96. The molecular weight excluding hydrogens is 194 g/mol. The van der Waals surface area contributed by atoms with E-state index < -0.39 is 0 Å². The molecule has 1 aliphatic carbocycles. The van der Waals surface area contributed by atoms with Gasteiger partial charge in [0.25, 0.3) is 0 Å². The van der Waals surface area contributed by atoms with Crippen LogP contribution < -0.4 is 5.32 Å². The van der Waals surface area contributed by atoms with E-state index in [9.17, 15) is 5.11 Å². The van der Waals surface area contributed by atoms with Crippen molar-refractivity contribution in [2.75, 3.05) is 11.9 Å². The van der Waals surface area contributed by atoms with Crippen molar-refractivity contribution < 1.29 is 9.63 Å². The average Bonchev–Trinajstić information content (AvgIpc) is 2.62. The maximum absolute atomic E-state index is 9.50. The fourth-order valence-corrected chi connectivity index (χ4v) is 2.05. The maximum Gasteiger partial charge on any atom is 0.321 e. The van der Waals surface area contributed by atoms with E-state index >= 15 is 0 Å². The fraction of sp³-hybridized carbons (Fsp3) is 0.800. The van der Waals surface area contributed by atoms with E-state index in [1.165, 1.54) is 0 Å². The number of aliphatic hydroxyl groups is 1. The molecular formula is C10H17N3O2. The van der Waals surface area contributed by atoms with E-state index in [1.54, 1.807) is 6.92 Å². The minimum absolute atomic E-state index is 0.130. The third kappa shape index (κ3) is 2.92. The number of nitrogens with one attached hydrogen (secondary N) is 1. The average molecular weight is 211 g/mol. The Hall–Kier alpha value is -1.10. The summed E-state index contributed by atoms with van der Waals surface area (Å²) in [5, 5.41) is 16.3. The predicted octanol–water partition coefficient (Wildman–Crippen LogP) is 1.34. The number of anilines is 1. The van der Waals surface area contributed by atoms with Crippen molar-refractivity contribution in [1.29, 1.82) is 0 Å². The van der Waals surface area contributed by atoms with Crippen molar-refractivity contribution in [1.82, 2.24) is 10.1 Å². The number of hydrogen-bond donors (Lipinski definition) is 2. The summed E-state index contributed by atoms with van der Waals surface area (Å²) in [6.45, 7) is 2.59. The number of hydrogen-bond acceptors (Lipinski definition) is 5. The number of nitrogens with zero attached hydrogens (tertiary/aromatic N) is 2. The van der Waals surface area contributed by atoms with Crippen molar-refractivity contribution in [3.05, 3.63) is 5.82 Å². The Morgan fingerprint density at radius 1 is 1.53 bits per heavy atom. The van der Waals surface area contributed by atoms with Gasteiger partial charge in [0, 0.05) is 6.54 Å². The van der Waals surface area contributed by atoms with Crippen LogP contribution in [0.3, 0.4) is 0 Å². The first-order valence-electron chi connectivity index (χ1n) is 5.46. The van der Waals surface area contributed by atoms with Gasteiger partial charge < -0.3 is 14.9 Å². The molecule has 1 aliphatic rings. The van der Waals surface area contributed by atoms with Crippen LogP contribution in [0.25, 0.3) is 0 Å². The first-order valence-corrected chi connectivity index (χ1v) is 5.46. The molecule has 15 heavy (non-hydrogen) atoms. The Morgan fingerprint density at radius 3 is 3.07 bits per heavy atom. The van der Waals surface area contributed by atoms with Gasteiger partial charge in [-0.25, -0.2) is 0 Å². The van der Waals surface area contributed by atoms with Crippen molar-refractivity contribution in [2.24, 2.45) is 5.92 Å². The van der Waals surface area contributed by atoms with Gasteiger partial charge in [-0.1, -0.05) is 11.6 Å². The lowest BCUT2D eigenvalue weighted by Crippen LogP contribution is -2.25. The van der Waals surface area contributed by atoms with Gasteiger partial charge in [-0.2, -0.15) is 4.98 Å². The minimum atomic E-state index is -0.130. The lowest BCUT2D eigenvalue weighted by molar-refractivity contribution is 0.104. The molecule has 0 aromatic carbocycles. The highest BCUT2D eigenvalue weighted by atomic mass is 16.5. The van der Waals surface area contributed by atoms with Crippen LogP contribution in [0.4, 0.5) is 6.01 Å². The molecule has 1 saturated carbocycles. The van der Waals surface area contributed by atoms with Gasteiger partial charge in [0.1, 0.15) is 0 Å². The molecule has 1 fully saturated rings. The van der Waals surface area contributed by atoms with Gasteiger partial charge in [-0.15, -0.1) is 0 Å². The largest absolute Gasteiger partial charge is 0.393 e. The molecule has 0 spiro atoms. The van der Waals surface area contributed by atoms with Crippen molar-refractivity contribution in [3.8, 4) is 0 Å². The molecule has 5 heteroatoms. The fourth-order valence-electron chi connectivity index (χ4n) is 2.05. The molecule has 1 aromatic heterocycles. The second-order valence-corrected chi connectivity index (χ2v) is 4.21. The quantitative estimate of drug-likeness (QED) is 0.789. The Balaban J connectivity index is 1.77. The molecule has 2 atom stereocenters. The zero-order chi connectivity index (χ0) is 10.7. The number of aliphatic hydroxyl groups excluding tert-OH is 1. The molecule has 2 N–H and O–H groups in total. The summed E-state index contributed by atoms with van der Waals surface area (Å²) in [5.74, 6) is 1.15. The van der Waals surface area contributed by atoms with E-state index in [4.69, 9.17) is 4.52 Å². The Kier molecular flexibility index (Phi) is 3.20. The second kappa shape index (κ2) is 4.61. The van der Waals surface area contributed by atoms with E-state index in [0.717, 1.165) is 32.2 Å². The molecule has 0 aliphatic heterocycles. The van der Waals surface area contributed by atoms with E-state index in [1.807, 2.05) is 0 Å². The summed E-state index contributed by atoms with van der Waals surface area (Å²) in [5.41, 5.74) is 0. The molecule has 2 unspecified atom stereocenters. The zero-order valence-corrected chi connectivity index (χ0v) is 8.94. The van der Waals surface area contributed by atoms with Crippen LogP contribution in [0, 0.1) is 12.8 Å². The molecule has 84 valence electrons. The highest BCUT2D eigenvalue weighted by Gasteiger charge is 2.20. The number of rotatable bonds is 3. The van der Waals surface area contributed by atoms with Crippen molar-refractivity contribution in [2.45, 2.75) is 38.7 Å². The van der Waals surface area contributed by atoms with Gasteiger partial charge in [-0.05, 0) is 32.1 Å². The summed E-state index contributed by atoms with van der Waals surface area (Å²) in [6, 6.07) is 0.479. The van der Waals surface area contributed by atoms with Crippen LogP contribution in [-0.4, -0.2) is 27.9 Å². The summed E-state index contributed by atoms with van der Waals surface area (Å²) >= 11 is 0. The first kappa shape index (κ1) is 10.4. The maximum atomic E-state index is 9.50. The summed E-state index contributed by atoms with van der Waals surface area (Å²) < 4.78 is 4.95. The van der Waals surface area contributed by atoms with Gasteiger partial charge in [0.15, 0.2) is 5.82 Å². The normalized spacial score (nSPS) is 26.5. The van der Waals surface area contributed by atoms with Crippen LogP contribution in [0.1, 0.15) is 31.5 Å². The van der Waals surface area contributed by atoms with Crippen LogP contribution in [0.2, 0.25) is 0 Å². The van der Waals surface area contributed by atoms with Crippen molar-refractivity contribution in [3.63, 3.8) is 0 Å². The van der Waals surface area contributed by atoms with Crippen LogP contribution >= 0.6 is 0 Å². The molecule has 1 heterocycles. The first-order chi connectivity index (χ1) is 7.24. The Labute approximate surface area is 88.9 Å². The van der Waals surface area contributed by atoms with Crippen LogP contribution in [0.15, 0.2) is 4.52 Å². The lowest BCUT2D eigenvalue weighted by atomic mass is 9.87. The number of aromatic nitrogens is 2. The highest BCUT2D eigenvalue weighted by molar-refractivity contribution is 5.17. The standard InChI is InChI=1S/C10H17N3O2/c1-7-12-10(15-13-7)11-6-8-3-2-4-9(14)5-8/h8-9,14H,2-6H2,1H3,(H,11,12,13). The molecule has 1 aromatic rings. The van der Waals surface area contributed by atoms with Gasteiger partial charge in [0.05, 0.1) is 6.10 Å². The van der Waals surface area contributed by atoms with E-state index in [2.05, 4.69) is 15.5 Å². The molecule has 5 nitrogen and oxygen atoms in total. The Morgan fingerprint density at radius 2 is 2.40 bits per heavy atom. The predicted molar refractivity (Wildman–Crippen MR) is 55.5 cm³/mol. The third-order valence-corrected chi connectivity index (χ3v) is 2.82. The molecule has 0 amide bonds. The zero-order valence-electron chi connectivity index (χ0n) is 8.94. The summed E-state index contributed by atoms with van der Waals surface area (Å²) in [7, 11) is 0. The smallest absolute Gasteiger partial charge is 0.321 e. The second-order valence-electron chi connectivity index (χ2n) is 4.21. The number of aryl methyl sites for hydroxylation is 1. The van der Waals surface area contributed by atoms with Crippen LogP contribution in [0.5, 0.6) is 0 Å². The topological polar surface area (TPSA) is 71.2 Å². The molecule has 2 rings (SSSR count). The van der Waals surface area contributed by atoms with Gasteiger partial charge >= 0.3 is 6.01 Å². The van der Waals surface area contributed by atoms with Crippen molar-refractivity contribution >= 4 is 6.01 Å². The third-order valence-electron chi connectivity index (χ3n) is 2.82. The molecule has 0 bridgehead atoms. The molecule has 0 radical (unpaired) electrons. The molecule has 0 saturated heterocycles.